The van der Waals surface area contributed by atoms with E-state index in [0.717, 1.165) is 29.7 Å². The molecule has 0 bridgehead atoms. The van der Waals surface area contributed by atoms with Gasteiger partial charge in [-0.3, -0.25) is 4.79 Å². The Morgan fingerprint density at radius 1 is 1.25 bits per heavy atom. The maximum atomic E-state index is 11.9. The Balaban J connectivity index is 2.49. The van der Waals surface area contributed by atoms with Crippen molar-refractivity contribution in [1.29, 1.82) is 0 Å². The van der Waals surface area contributed by atoms with E-state index in [0.29, 0.717) is 11.4 Å². The predicted octanol–water partition coefficient (Wildman–Crippen LogP) is 3.93. The van der Waals surface area contributed by atoms with Crippen LogP contribution in [0.25, 0.3) is 0 Å². The molecule has 3 nitrogen and oxygen atoms in total. The third-order valence-corrected chi connectivity index (χ3v) is 3.54. The van der Waals surface area contributed by atoms with Gasteiger partial charge in [0.1, 0.15) is 4.99 Å². The molecular weight excluding hydrogens is 268 g/mol. The number of nitrogens with two attached hydrogens (primary N) is 1. The Hall–Kier alpha value is -1.42. The van der Waals surface area contributed by atoms with Gasteiger partial charge in [-0.2, -0.15) is 0 Å². The normalized spacial score (nSPS) is 10.3. The molecule has 110 valence electrons. The van der Waals surface area contributed by atoms with Crippen LogP contribution in [0.5, 0.6) is 0 Å². The van der Waals surface area contributed by atoms with Gasteiger partial charge < -0.3 is 11.1 Å². The third kappa shape index (κ3) is 5.70. The van der Waals surface area contributed by atoms with Crippen LogP contribution in [0.15, 0.2) is 18.2 Å². The Bertz CT molecular complexity index is 472. The summed E-state index contributed by atoms with van der Waals surface area (Å²) >= 11 is 4.95. The number of amides is 1. The molecule has 0 atom stereocenters. The van der Waals surface area contributed by atoms with Crippen molar-refractivity contribution in [3.63, 3.8) is 0 Å². The molecule has 1 rings (SSSR count). The first-order valence-electron chi connectivity index (χ1n) is 7.25. The topological polar surface area (TPSA) is 55.1 Å². The molecule has 0 heterocycles. The Labute approximate surface area is 126 Å². The van der Waals surface area contributed by atoms with Crippen molar-refractivity contribution in [2.24, 2.45) is 5.73 Å². The number of anilines is 1. The SMILES string of the molecule is CCCCCCCC(=O)Nc1cc(C(N)=S)ccc1C. The highest BCUT2D eigenvalue weighted by Gasteiger charge is 2.06. The van der Waals surface area contributed by atoms with Gasteiger partial charge in [0, 0.05) is 17.7 Å². The highest BCUT2D eigenvalue weighted by molar-refractivity contribution is 7.80. The van der Waals surface area contributed by atoms with Gasteiger partial charge in [0.25, 0.3) is 0 Å². The Morgan fingerprint density at radius 2 is 1.95 bits per heavy atom. The van der Waals surface area contributed by atoms with E-state index >= 15 is 0 Å². The summed E-state index contributed by atoms with van der Waals surface area (Å²) in [6.45, 7) is 4.14. The zero-order chi connectivity index (χ0) is 15.0. The van der Waals surface area contributed by atoms with E-state index in [1.165, 1.54) is 19.3 Å². The van der Waals surface area contributed by atoms with E-state index in [1.807, 2.05) is 25.1 Å². The fourth-order valence-electron chi connectivity index (χ4n) is 2.01. The van der Waals surface area contributed by atoms with Crippen LogP contribution >= 0.6 is 12.2 Å². The van der Waals surface area contributed by atoms with Gasteiger partial charge in [-0.25, -0.2) is 0 Å². The van der Waals surface area contributed by atoms with E-state index in [2.05, 4.69) is 12.2 Å². The molecule has 0 radical (unpaired) electrons. The highest BCUT2D eigenvalue weighted by Crippen LogP contribution is 2.17. The molecule has 3 N–H and O–H groups in total. The van der Waals surface area contributed by atoms with E-state index in [1.54, 1.807) is 0 Å². The van der Waals surface area contributed by atoms with Gasteiger partial charge in [-0.1, -0.05) is 57.0 Å². The number of carbonyl (C=O) groups excluding carboxylic acids is 1. The molecule has 0 aromatic heterocycles. The summed E-state index contributed by atoms with van der Waals surface area (Å²) in [6, 6.07) is 5.63. The number of thiocarbonyl (C=S) groups is 1. The first-order chi connectivity index (χ1) is 9.54. The summed E-state index contributed by atoms with van der Waals surface area (Å²) in [5.74, 6) is 0.0599. The lowest BCUT2D eigenvalue weighted by molar-refractivity contribution is -0.116. The number of unbranched alkanes of at least 4 members (excludes halogenated alkanes) is 4. The number of hydrogen-bond donors (Lipinski definition) is 2. The minimum absolute atomic E-state index is 0.0599. The molecule has 0 aliphatic heterocycles. The molecule has 4 heteroatoms. The summed E-state index contributed by atoms with van der Waals surface area (Å²) in [7, 11) is 0. The molecule has 1 amide bonds. The number of benzene rings is 1. The number of aryl methyl sites for hydroxylation is 1. The number of carbonyl (C=O) groups is 1. The summed E-state index contributed by atoms with van der Waals surface area (Å²) < 4.78 is 0. The van der Waals surface area contributed by atoms with Crippen LogP contribution in [-0.2, 0) is 4.79 Å². The lowest BCUT2D eigenvalue weighted by Gasteiger charge is -2.10. The average molecular weight is 292 g/mol. The number of rotatable bonds is 8. The van der Waals surface area contributed by atoms with Crippen LogP contribution in [0.3, 0.4) is 0 Å². The lowest BCUT2D eigenvalue weighted by atomic mass is 10.1. The molecular formula is C16H24N2OS. The van der Waals surface area contributed by atoms with Crippen LogP contribution in [0, 0.1) is 6.92 Å². The Kier molecular flexibility index (Phi) is 7.23. The first kappa shape index (κ1) is 16.6. The fourth-order valence-corrected chi connectivity index (χ4v) is 2.14. The standard InChI is InChI=1S/C16H24N2OS/c1-3-4-5-6-7-8-15(19)18-14-11-13(16(17)20)10-9-12(14)2/h9-11H,3-8H2,1-2H3,(H2,17,20)(H,18,19). The van der Waals surface area contributed by atoms with Crippen molar-refractivity contribution >= 4 is 28.8 Å². The summed E-state index contributed by atoms with van der Waals surface area (Å²) in [6.07, 6.45) is 6.31. The molecule has 1 aromatic rings. The molecule has 0 aliphatic carbocycles. The van der Waals surface area contributed by atoms with Crippen molar-refractivity contribution in [1.82, 2.24) is 0 Å². The van der Waals surface area contributed by atoms with Gasteiger partial charge in [-0.05, 0) is 25.0 Å². The van der Waals surface area contributed by atoms with Crippen molar-refractivity contribution in [3.8, 4) is 0 Å². The smallest absolute Gasteiger partial charge is 0.224 e. The second-order valence-electron chi connectivity index (χ2n) is 5.11. The van der Waals surface area contributed by atoms with Crippen LogP contribution < -0.4 is 11.1 Å². The van der Waals surface area contributed by atoms with Gasteiger partial charge in [-0.15, -0.1) is 0 Å². The first-order valence-corrected chi connectivity index (χ1v) is 7.65. The second-order valence-corrected chi connectivity index (χ2v) is 5.55. The van der Waals surface area contributed by atoms with E-state index in [9.17, 15) is 4.79 Å². The maximum absolute atomic E-state index is 11.9. The zero-order valence-corrected chi connectivity index (χ0v) is 13.2. The monoisotopic (exact) mass is 292 g/mol. The molecule has 0 fully saturated rings. The van der Waals surface area contributed by atoms with Crippen molar-refractivity contribution in [3.05, 3.63) is 29.3 Å². The minimum Gasteiger partial charge on any atom is -0.389 e. The molecule has 1 aromatic carbocycles. The summed E-state index contributed by atoms with van der Waals surface area (Å²) in [4.78, 5) is 12.3. The third-order valence-electron chi connectivity index (χ3n) is 3.30. The maximum Gasteiger partial charge on any atom is 0.224 e. The summed E-state index contributed by atoms with van der Waals surface area (Å²) in [5, 5.41) is 2.94. The fraction of sp³-hybridized carbons (Fsp3) is 0.500. The highest BCUT2D eigenvalue weighted by atomic mass is 32.1. The molecule has 0 aliphatic rings. The van der Waals surface area contributed by atoms with Crippen LogP contribution in [-0.4, -0.2) is 10.9 Å². The quantitative estimate of drug-likeness (QED) is 0.564. The molecule has 0 saturated carbocycles. The van der Waals surface area contributed by atoms with Crippen molar-refractivity contribution < 1.29 is 4.79 Å². The lowest BCUT2D eigenvalue weighted by Crippen LogP contribution is -2.14. The second kappa shape index (κ2) is 8.69. The largest absolute Gasteiger partial charge is 0.389 e. The zero-order valence-electron chi connectivity index (χ0n) is 12.4. The number of nitrogens with one attached hydrogen (secondary N) is 1. The van der Waals surface area contributed by atoms with Crippen molar-refractivity contribution in [2.75, 3.05) is 5.32 Å². The summed E-state index contributed by atoms with van der Waals surface area (Å²) in [5.41, 5.74) is 8.21. The Morgan fingerprint density at radius 3 is 2.60 bits per heavy atom. The van der Waals surface area contributed by atoms with Crippen LogP contribution in [0.1, 0.15) is 56.6 Å². The average Bonchev–Trinajstić information content (AvgIpc) is 2.40. The molecule has 0 spiro atoms. The van der Waals surface area contributed by atoms with Gasteiger partial charge >= 0.3 is 0 Å². The molecule has 0 unspecified atom stereocenters. The minimum atomic E-state index is 0.0599. The van der Waals surface area contributed by atoms with Gasteiger partial charge in [0.15, 0.2) is 0 Å². The van der Waals surface area contributed by atoms with E-state index in [4.69, 9.17) is 18.0 Å². The molecule has 0 saturated heterocycles. The van der Waals surface area contributed by atoms with Gasteiger partial charge in [0.2, 0.25) is 5.91 Å². The molecule has 20 heavy (non-hydrogen) atoms. The van der Waals surface area contributed by atoms with Crippen LogP contribution in [0.4, 0.5) is 5.69 Å². The van der Waals surface area contributed by atoms with Crippen molar-refractivity contribution in [2.45, 2.75) is 52.4 Å². The number of hydrogen-bond acceptors (Lipinski definition) is 2. The van der Waals surface area contributed by atoms with Gasteiger partial charge in [0.05, 0.1) is 0 Å². The van der Waals surface area contributed by atoms with Crippen LogP contribution in [0.2, 0.25) is 0 Å². The van der Waals surface area contributed by atoms with E-state index in [-0.39, 0.29) is 5.91 Å². The predicted molar refractivity (Wildman–Crippen MR) is 89.1 cm³/mol. The van der Waals surface area contributed by atoms with E-state index < -0.39 is 0 Å².